The van der Waals surface area contributed by atoms with Gasteiger partial charge in [0.15, 0.2) is 5.58 Å². The molecule has 1 saturated heterocycles. The first kappa shape index (κ1) is 22.4. The van der Waals surface area contributed by atoms with Crippen LogP contribution in [-0.2, 0) is 13.5 Å². The van der Waals surface area contributed by atoms with Crippen LogP contribution in [0.4, 0.5) is 10.1 Å². The third-order valence-corrected chi connectivity index (χ3v) is 6.64. The molecule has 1 unspecified atom stereocenters. The molecular weight excluding hydrogens is 431 g/mol. The number of oxazole rings is 1. The Kier molecular flexibility index (Phi) is 6.31. The van der Waals surface area contributed by atoms with Crippen molar-refractivity contribution in [2.75, 3.05) is 31.1 Å². The zero-order chi connectivity index (χ0) is 21.5. The maximum Gasteiger partial charge on any atom is 0.419 e. The number of hydrogen-bond donors (Lipinski definition) is 1. The van der Waals surface area contributed by atoms with Gasteiger partial charge in [0.2, 0.25) is 0 Å². The van der Waals surface area contributed by atoms with E-state index in [2.05, 4.69) is 21.7 Å². The zero-order valence-electron chi connectivity index (χ0n) is 18.3. The summed E-state index contributed by atoms with van der Waals surface area (Å²) in [5.74, 6) is -0.520. The van der Waals surface area contributed by atoms with Gasteiger partial charge in [-0.1, -0.05) is 6.07 Å². The van der Waals surface area contributed by atoms with E-state index in [0.29, 0.717) is 11.6 Å². The van der Waals surface area contributed by atoms with Gasteiger partial charge in [0.25, 0.3) is 0 Å². The van der Waals surface area contributed by atoms with E-state index < -0.39 is 0 Å². The van der Waals surface area contributed by atoms with Gasteiger partial charge in [-0.25, -0.2) is 9.18 Å². The Morgan fingerprint density at radius 1 is 1.16 bits per heavy atom. The number of rotatable bonds is 5. The van der Waals surface area contributed by atoms with Crippen LogP contribution in [0.15, 0.2) is 51.8 Å². The minimum atomic E-state index is -0.327. The highest BCUT2D eigenvalue weighted by molar-refractivity contribution is 5.87. The predicted octanol–water partition coefficient (Wildman–Crippen LogP) is 4.32. The summed E-state index contributed by atoms with van der Waals surface area (Å²) in [4.78, 5) is 20.0. The lowest BCUT2D eigenvalue weighted by Gasteiger charge is -2.39. The number of piperazine rings is 1. The molecule has 1 atom stereocenters. The molecule has 5 rings (SSSR count). The largest absolute Gasteiger partial charge is 0.419 e. The summed E-state index contributed by atoms with van der Waals surface area (Å²) in [5.41, 5.74) is 4.64. The lowest BCUT2D eigenvalue weighted by Crippen LogP contribution is -2.49. The van der Waals surface area contributed by atoms with E-state index in [4.69, 9.17) is 4.42 Å². The normalized spacial score (nSPS) is 15.9. The first-order valence-electron chi connectivity index (χ1n) is 10.8. The second kappa shape index (κ2) is 9.00. The molecule has 0 bridgehead atoms. The number of benzene rings is 2. The number of fused-ring (bicyclic) bond motifs is 2. The van der Waals surface area contributed by atoms with E-state index in [1.807, 2.05) is 24.4 Å². The van der Waals surface area contributed by atoms with Gasteiger partial charge >= 0.3 is 5.76 Å². The molecule has 0 amide bonds. The molecule has 1 aliphatic heterocycles. The van der Waals surface area contributed by atoms with Crippen molar-refractivity contribution in [3.63, 3.8) is 0 Å². The Morgan fingerprint density at radius 2 is 1.94 bits per heavy atom. The van der Waals surface area contributed by atoms with Gasteiger partial charge in [0.1, 0.15) is 5.82 Å². The van der Waals surface area contributed by atoms with E-state index >= 15 is 0 Å². The minimum Gasteiger partial charge on any atom is -0.405 e. The van der Waals surface area contributed by atoms with Crippen molar-refractivity contribution in [2.24, 2.45) is 7.05 Å². The van der Waals surface area contributed by atoms with Crippen LogP contribution in [0.5, 0.6) is 0 Å². The number of nitrogens with zero attached hydrogens (tertiary/aromatic N) is 3. The molecule has 0 saturated carbocycles. The van der Waals surface area contributed by atoms with Gasteiger partial charge in [0, 0.05) is 56.4 Å². The van der Waals surface area contributed by atoms with Crippen molar-refractivity contribution >= 4 is 40.1 Å². The summed E-state index contributed by atoms with van der Waals surface area (Å²) >= 11 is 0. The zero-order valence-corrected chi connectivity index (χ0v) is 19.1. The van der Waals surface area contributed by atoms with Crippen LogP contribution in [0.3, 0.4) is 0 Å². The van der Waals surface area contributed by atoms with Gasteiger partial charge < -0.3 is 14.3 Å². The van der Waals surface area contributed by atoms with Crippen LogP contribution in [0, 0.1) is 5.82 Å². The third kappa shape index (κ3) is 4.02. The summed E-state index contributed by atoms with van der Waals surface area (Å²) in [5, 5.41) is 0.981. The van der Waals surface area contributed by atoms with Gasteiger partial charge in [-0.05, 0) is 55.7 Å². The lowest BCUT2D eigenvalue weighted by molar-refractivity contribution is 0.189. The topological polar surface area (TPSA) is 57.4 Å². The molecule has 3 heterocycles. The molecule has 170 valence electrons. The fourth-order valence-electron chi connectivity index (χ4n) is 4.69. The Bertz CT molecular complexity index is 1290. The first-order valence-corrected chi connectivity index (χ1v) is 10.8. The maximum atomic E-state index is 13.6. The van der Waals surface area contributed by atoms with Crippen LogP contribution >= 0.6 is 12.4 Å². The van der Waals surface area contributed by atoms with Crippen molar-refractivity contribution in [3.05, 3.63) is 64.5 Å². The molecule has 1 N–H and O–H groups in total. The number of para-hydroxylation sites is 1. The summed E-state index contributed by atoms with van der Waals surface area (Å²) in [6.45, 7) is 5.96. The van der Waals surface area contributed by atoms with Crippen LogP contribution < -0.4 is 10.7 Å². The van der Waals surface area contributed by atoms with E-state index in [-0.39, 0.29) is 24.0 Å². The number of halogens is 2. The van der Waals surface area contributed by atoms with E-state index in [9.17, 15) is 9.18 Å². The summed E-state index contributed by atoms with van der Waals surface area (Å²) in [7, 11) is 1.74. The second-order valence-electron chi connectivity index (χ2n) is 8.47. The van der Waals surface area contributed by atoms with Crippen molar-refractivity contribution in [1.82, 2.24) is 14.5 Å². The standard InChI is InChI=1S/C24H27FN4O2.ClH/c1-16(6-7-17-15-26-20-9-8-18(25)14-19(17)20)28-10-12-29(13-11-28)22-5-3-4-21-23(22)31-24(30)27(21)2;/h3-5,8-9,14-16,26H,6-7,10-13H2,1-2H3;1H. The van der Waals surface area contributed by atoms with E-state index in [1.54, 1.807) is 23.7 Å². The Labute approximate surface area is 192 Å². The van der Waals surface area contributed by atoms with Crippen LogP contribution in [0.2, 0.25) is 0 Å². The fourth-order valence-corrected chi connectivity index (χ4v) is 4.69. The molecule has 6 nitrogen and oxygen atoms in total. The van der Waals surface area contributed by atoms with Gasteiger partial charge in [-0.2, -0.15) is 0 Å². The smallest absolute Gasteiger partial charge is 0.405 e. The van der Waals surface area contributed by atoms with Crippen LogP contribution in [0.1, 0.15) is 18.9 Å². The van der Waals surface area contributed by atoms with Crippen molar-refractivity contribution in [1.29, 1.82) is 0 Å². The number of aromatic amines is 1. The molecule has 2 aromatic carbocycles. The molecule has 0 spiro atoms. The quantitative estimate of drug-likeness (QED) is 0.484. The minimum absolute atomic E-state index is 0. The Hall–Kier alpha value is -2.77. The van der Waals surface area contributed by atoms with Crippen LogP contribution in [0.25, 0.3) is 22.0 Å². The lowest BCUT2D eigenvalue weighted by atomic mass is 10.0. The average Bonchev–Trinajstić information content (AvgIpc) is 3.32. The van der Waals surface area contributed by atoms with Gasteiger partial charge in [0.05, 0.1) is 11.2 Å². The predicted molar refractivity (Wildman–Crippen MR) is 129 cm³/mol. The van der Waals surface area contributed by atoms with Crippen molar-refractivity contribution in [3.8, 4) is 0 Å². The molecule has 4 aromatic rings. The van der Waals surface area contributed by atoms with Gasteiger partial charge in [-0.3, -0.25) is 9.47 Å². The molecule has 32 heavy (non-hydrogen) atoms. The highest BCUT2D eigenvalue weighted by atomic mass is 35.5. The number of aryl methyl sites for hydroxylation is 2. The SMILES string of the molecule is CC(CCc1c[nH]c2ccc(F)cc12)N1CCN(c2cccc3c2oc(=O)n3C)CC1.Cl. The number of nitrogens with one attached hydrogen (secondary N) is 1. The van der Waals surface area contributed by atoms with Crippen molar-refractivity contribution < 1.29 is 8.81 Å². The Balaban J connectivity index is 0.00000245. The number of H-pyrrole nitrogens is 1. The summed E-state index contributed by atoms with van der Waals surface area (Å²) < 4.78 is 20.7. The molecule has 2 aromatic heterocycles. The summed E-state index contributed by atoms with van der Waals surface area (Å²) in [6, 6.07) is 11.3. The van der Waals surface area contributed by atoms with Crippen LogP contribution in [-0.4, -0.2) is 46.7 Å². The van der Waals surface area contributed by atoms with E-state index in [0.717, 1.165) is 61.1 Å². The third-order valence-electron chi connectivity index (χ3n) is 6.64. The van der Waals surface area contributed by atoms with Crippen molar-refractivity contribution in [2.45, 2.75) is 25.8 Å². The van der Waals surface area contributed by atoms with E-state index in [1.165, 1.54) is 11.6 Å². The Morgan fingerprint density at radius 3 is 2.72 bits per heavy atom. The monoisotopic (exact) mass is 458 g/mol. The number of anilines is 1. The highest BCUT2D eigenvalue weighted by Gasteiger charge is 2.24. The highest BCUT2D eigenvalue weighted by Crippen LogP contribution is 2.28. The molecule has 1 aliphatic rings. The number of hydrogen-bond acceptors (Lipinski definition) is 4. The molecule has 8 heteroatoms. The molecule has 1 fully saturated rings. The average molecular weight is 459 g/mol. The number of aromatic nitrogens is 2. The molecule has 0 aliphatic carbocycles. The maximum absolute atomic E-state index is 13.6. The fraction of sp³-hybridized carbons (Fsp3) is 0.375. The first-order chi connectivity index (χ1) is 15.0. The van der Waals surface area contributed by atoms with Gasteiger partial charge in [-0.15, -0.1) is 12.4 Å². The molecular formula is C24H28ClFN4O2. The molecule has 0 radical (unpaired) electrons. The second-order valence-corrected chi connectivity index (χ2v) is 8.47. The summed E-state index contributed by atoms with van der Waals surface area (Å²) in [6.07, 6.45) is 3.94.